The molecule has 0 aromatic heterocycles. The van der Waals surface area contributed by atoms with Gasteiger partial charge in [-0.25, -0.2) is 4.39 Å². The standard InChI is InChI=1S/C22H28FN3O3/c1-24(15-16-29-20-9-5-3-7-18(20)23)22(27)17-25-11-13-26(14-12-25)19-8-4-6-10-21(19)28-2/h3-10H,11-17H2,1-2H3. The van der Waals surface area contributed by atoms with Gasteiger partial charge in [0.25, 0.3) is 0 Å². The highest BCUT2D eigenvalue weighted by Crippen LogP contribution is 2.28. The van der Waals surface area contributed by atoms with E-state index in [4.69, 9.17) is 9.47 Å². The van der Waals surface area contributed by atoms with Crippen LogP contribution in [0.5, 0.6) is 11.5 Å². The van der Waals surface area contributed by atoms with Crippen LogP contribution in [0.25, 0.3) is 0 Å². The third-order valence-electron chi connectivity index (χ3n) is 5.10. The number of hydrogen-bond acceptors (Lipinski definition) is 5. The number of rotatable bonds is 8. The van der Waals surface area contributed by atoms with E-state index in [1.165, 1.54) is 6.07 Å². The third kappa shape index (κ3) is 5.60. The maximum absolute atomic E-state index is 13.6. The van der Waals surface area contributed by atoms with E-state index in [0.29, 0.717) is 13.1 Å². The molecule has 0 saturated carbocycles. The van der Waals surface area contributed by atoms with Gasteiger partial charge in [0.2, 0.25) is 5.91 Å². The molecular weight excluding hydrogens is 373 g/mol. The van der Waals surface area contributed by atoms with Gasteiger partial charge in [0.15, 0.2) is 11.6 Å². The van der Waals surface area contributed by atoms with Crippen molar-refractivity contribution in [2.45, 2.75) is 0 Å². The van der Waals surface area contributed by atoms with Crippen molar-refractivity contribution < 1.29 is 18.7 Å². The Kier molecular flexibility index (Phi) is 7.30. The van der Waals surface area contributed by atoms with Crippen molar-refractivity contribution in [3.8, 4) is 11.5 Å². The molecule has 1 aliphatic rings. The van der Waals surface area contributed by atoms with Gasteiger partial charge in [0.1, 0.15) is 12.4 Å². The molecule has 0 aliphatic carbocycles. The van der Waals surface area contributed by atoms with E-state index in [1.54, 1.807) is 37.3 Å². The Morgan fingerprint density at radius 1 is 1.03 bits per heavy atom. The average molecular weight is 401 g/mol. The van der Waals surface area contributed by atoms with E-state index < -0.39 is 5.82 Å². The zero-order valence-corrected chi connectivity index (χ0v) is 17.0. The highest BCUT2D eigenvalue weighted by Gasteiger charge is 2.22. The van der Waals surface area contributed by atoms with Crippen LogP contribution in [0.1, 0.15) is 0 Å². The van der Waals surface area contributed by atoms with Crippen LogP contribution in [0.4, 0.5) is 10.1 Å². The first kappa shape index (κ1) is 20.9. The minimum atomic E-state index is -0.394. The second kappa shape index (κ2) is 10.1. The predicted octanol–water partition coefficient (Wildman–Crippen LogP) is 2.49. The quantitative estimate of drug-likeness (QED) is 0.680. The van der Waals surface area contributed by atoms with E-state index in [2.05, 4.69) is 15.9 Å². The second-order valence-electron chi connectivity index (χ2n) is 7.03. The molecule has 1 saturated heterocycles. The molecule has 0 unspecified atom stereocenters. The summed E-state index contributed by atoms with van der Waals surface area (Å²) in [7, 11) is 3.43. The average Bonchev–Trinajstić information content (AvgIpc) is 2.75. The summed E-state index contributed by atoms with van der Waals surface area (Å²) in [5, 5.41) is 0. The lowest BCUT2D eigenvalue weighted by atomic mass is 10.2. The van der Waals surface area contributed by atoms with E-state index >= 15 is 0 Å². The Labute approximate surface area is 171 Å². The van der Waals surface area contributed by atoms with E-state index in [9.17, 15) is 9.18 Å². The molecule has 7 heteroatoms. The van der Waals surface area contributed by atoms with Crippen LogP contribution in [0.2, 0.25) is 0 Å². The predicted molar refractivity (Wildman–Crippen MR) is 111 cm³/mol. The first-order valence-corrected chi connectivity index (χ1v) is 9.80. The zero-order chi connectivity index (χ0) is 20.6. The largest absolute Gasteiger partial charge is 0.495 e. The molecule has 0 N–H and O–H groups in total. The molecule has 0 atom stereocenters. The molecule has 156 valence electrons. The van der Waals surface area contributed by atoms with Gasteiger partial charge in [0, 0.05) is 33.2 Å². The monoisotopic (exact) mass is 401 g/mol. The number of methoxy groups -OCH3 is 1. The highest BCUT2D eigenvalue weighted by atomic mass is 19.1. The van der Waals surface area contributed by atoms with E-state index in [1.807, 2.05) is 18.2 Å². The van der Waals surface area contributed by atoms with Crippen molar-refractivity contribution in [1.29, 1.82) is 0 Å². The van der Waals surface area contributed by atoms with Gasteiger partial charge in [0.05, 0.1) is 25.9 Å². The molecule has 0 bridgehead atoms. The summed E-state index contributed by atoms with van der Waals surface area (Å²) in [6.07, 6.45) is 0. The zero-order valence-electron chi connectivity index (χ0n) is 17.0. The van der Waals surface area contributed by atoms with Crippen molar-refractivity contribution in [3.63, 3.8) is 0 Å². The van der Waals surface area contributed by atoms with Crippen LogP contribution in [0.15, 0.2) is 48.5 Å². The topological polar surface area (TPSA) is 45.2 Å². The summed E-state index contributed by atoms with van der Waals surface area (Å²) in [5.74, 6) is 0.717. The van der Waals surface area contributed by atoms with Crippen molar-refractivity contribution >= 4 is 11.6 Å². The van der Waals surface area contributed by atoms with Crippen LogP contribution >= 0.6 is 0 Å². The third-order valence-corrected chi connectivity index (χ3v) is 5.10. The molecule has 0 radical (unpaired) electrons. The fourth-order valence-corrected chi connectivity index (χ4v) is 3.33. The number of amides is 1. The molecule has 1 amide bonds. The van der Waals surface area contributed by atoms with Crippen molar-refractivity contribution in [3.05, 3.63) is 54.3 Å². The van der Waals surface area contributed by atoms with Crippen molar-refractivity contribution in [2.75, 3.05) is 64.9 Å². The summed E-state index contributed by atoms with van der Waals surface area (Å²) >= 11 is 0. The van der Waals surface area contributed by atoms with Gasteiger partial charge >= 0.3 is 0 Å². The molecule has 1 aliphatic heterocycles. The number of likely N-dealkylation sites (N-methyl/N-ethyl adjacent to an activating group) is 1. The molecule has 1 heterocycles. The molecule has 2 aromatic rings. The molecule has 6 nitrogen and oxygen atoms in total. The van der Waals surface area contributed by atoms with Gasteiger partial charge in [-0.15, -0.1) is 0 Å². The van der Waals surface area contributed by atoms with Crippen LogP contribution < -0.4 is 14.4 Å². The number of piperazine rings is 1. The van der Waals surface area contributed by atoms with Crippen LogP contribution in [0.3, 0.4) is 0 Å². The highest BCUT2D eigenvalue weighted by molar-refractivity contribution is 5.78. The number of nitrogens with zero attached hydrogens (tertiary/aromatic N) is 3. The van der Waals surface area contributed by atoms with Crippen molar-refractivity contribution in [1.82, 2.24) is 9.80 Å². The first-order valence-electron chi connectivity index (χ1n) is 9.80. The smallest absolute Gasteiger partial charge is 0.236 e. The second-order valence-corrected chi connectivity index (χ2v) is 7.03. The maximum Gasteiger partial charge on any atom is 0.236 e. The minimum absolute atomic E-state index is 0.0351. The molecule has 1 fully saturated rings. The molecule has 3 rings (SSSR count). The minimum Gasteiger partial charge on any atom is -0.495 e. The summed E-state index contributed by atoms with van der Waals surface area (Å²) < 4.78 is 24.4. The van der Waals surface area contributed by atoms with E-state index in [0.717, 1.165) is 37.6 Å². The molecule has 29 heavy (non-hydrogen) atoms. The van der Waals surface area contributed by atoms with Gasteiger partial charge in [-0.05, 0) is 24.3 Å². The maximum atomic E-state index is 13.6. The molecule has 2 aromatic carbocycles. The number of anilines is 1. The molecule has 0 spiro atoms. The number of carbonyl (C=O) groups excluding carboxylic acids is 1. The van der Waals surface area contributed by atoms with Gasteiger partial charge in [-0.1, -0.05) is 24.3 Å². The van der Waals surface area contributed by atoms with Gasteiger partial charge in [-0.2, -0.15) is 0 Å². The van der Waals surface area contributed by atoms with Gasteiger partial charge < -0.3 is 19.3 Å². The Hall–Kier alpha value is -2.80. The Bertz CT molecular complexity index is 809. The lowest BCUT2D eigenvalue weighted by Gasteiger charge is -2.36. The summed E-state index contributed by atoms with van der Waals surface area (Å²) in [6, 6.07) is 14.3. The fourth-order valence-electron chi connectivity index (χ4n) is 3.33. The summed E-state index contributed by atoms with van der Waals surface area (Å²) in [5.41, 5.74) is 1.09. The van der Waals surface area contributed by atoms with Crippen molar-refractivity contribution in [2.24, 2.45) is 0 Å². The number of ether oxygens (including phenoxy) is 2. The number of carbonyl (C=O) groups is 1. The number of para-hydroxylation sites is 3. The summed E-state index contributed by atoms with van der Waals surface area (Å²) in [4.78, 5) is 18.6. The fraction of sp³-hybridized carbons (Fsp3) is 0.409. The number of benzene rings is 2. The Morgan fingerprint density at radius 3 is 2.38 bits per heavy atom. The Morgan fingerprint density at radius 2 is 1.69 bits per heavy atom. The van der Waals surface area contributed by atoms with Crippen LogP contribution in [-0.4, -0.2) is 75.7 Å². The van der Waals surface area contributed by atoms with Crippen LogP contribution in [0, 0.1) is 5.82 Å². The lowest BCUT2D eigenvalue weighted by molar-refractivity contribution is -0.131. The Balaban J connectivity index is 1.41. The number of halogens is 1. The first-order chi connectivity index (χ1) is 14.1. The van der Waals surface area contributed by atoms with Gasteiger partial charge in [-0.3, -0.25) is 9.69 Å². The van der Waals surface area contributed by atoms with E-state index in [-0.39, 0.29) is 18.3 Å². The normalized spacial score (nSPS) is 14.5. The summed E-state index contributed by atoms with van der Waals surface area (Å²) in [6.45, 7) is 4.34. The number of hydrogen-bond donors (Lipinski definition) is 0. The molecular formula is C22H28FN3O3. The SMILES string of the molecule is COc1ccccc1N1CCN(CC(=O)N(C)CCOc2ccccc2F)CC1. The van der Waals surface area contributed by atoms with Crippen LogP contribution in [-0.2, 0) is 4.79 Å². The lowest BCUT2D eigenvalue weighted by Crippen LogP contribution is -2.50.